The molecule has 2 amide bonds. The van der Waals surface area contributed by atoms with Crippen molar-refractivity contribution in [2.75, 3.05) is 11.9 Å². The van der Waals surface area contributed by atoms with Crippen molar-refractivity contribution in [1.82, 2.24) is 4.90 Å². The fourth-order valence-corrected chi connectivity index (χ4v) is 5.11. The molecule has 0 aliphatic carbocycles. The van der Waals surface area contributed by atoms with E-state index < -0.39 is 5.82 Å². The average molecular weight is 425 g/mol. The molecule has 1 atom stereocenters. The van der Waals surface area contributed by atoms with E-state index in [9.17, 15) is 14.0 Å². The molecule has 0 radical (unpaired) electrons. The van der Waals surface area contributed by atoms with Gasteiger partial charge in [-0.05, 0) is 73.4 Å². The standard InChI is InChI=1S/C24H25FN2O2S/c1-15-13-24(2,3)26(4)20-10-9-16(11-18(15)20)12-21-22(28)27(23(29)30-21)14-17-7-5-6-8-19(17)25/h5-12,15H,13-14H2,1-4H3/b21-12-/t15-/m1/s1. The monoisotopic (exact) mass is 424 g/mol. The van der Waals surface area contributed by atoms with E-state index in [0.717, 1.165) is 28.6 Å². The van der Waals surface area contributed by atoms with Crippen LogP contribution >= 0.6 is 11.8 Å². The van der Waals surface area contributed by atoms with Crippen LogP contribution in [0.3, 0.4) is 0 Å². The van der Waals surface area contributed by atoms with Crippen molar-refractivity contribution in [2.24, 2.45) is 0 Å². The quantitative estimate of drug-likeness (QED) is 0.585. The molecule has 0 bridgehead atoms. The van der Waals surface area contributed by atoms with Crippen molar-refractivity contribution >= 4 is 34.7 Å². The second kappa shape index (κ2) is 7.58. The Bertz CT molecular complexity index is 1060. The molecule has 0 aromatic heterocycles. The summed E-state index contributed by atoms with van der Waals surface area (Å²) in [5.41, 5.74) is 3.75. The summed E-state index contributed by atoms with van der Waals surface area (Å²) in [6.45, 7) is 6.65. The maximum Gasteiger partial charge on any atom is 0.293 e. The Labute approximate surface area is 180 Å². The van der Waals surface area contributed by atoms with Crippen LogP contribution in [0.1, 0.15) is 49.8 Å². The summed E-state index contributed by atoms with van der Waals surface area (Å²) >= 11 is 0.906. The van der Waals surface area contributed by atoms with Crippen LogP contribution in [0.5, 0.6) is 0 Å². The van der Waals surface area contributed by atoms with Gasteiger partial charge >= 0.3 is 0 Å². The minimum Gasteiger partial charge on any atom is -0.369 e. The maximum absolute atomic E-state index is 13.9. The molecule has 0 unspecified atom stereocenters. The molecule has 0 N–H and O–H groups in total. The number of imide groups is 1. The molecule has 2 aliphatic heterocycles. The van der Waals surface area contributed by atoms with E-state index in [1.807, 2.05) is 6.07 Å². The largest absolute Gasteiger partial charge is 0.369 e. The Balaban J connectivity index is 1.60. The van der Waals surface area contributed by atoms with E-state index in [1.165, 1.54) is 17.3 Å². The maximum atomic E-state index is 13.9. The number of fused-ring (bicyclic) bond motifs is 1. The fraction of sp³-hybridized carbons (Fsp3) is 0.333. The first-order valence-corrected chi connectivity index (χ1v) is 10.9. The molecule has 4 rings (SSSR count). The molecule has 6 heteroatoms. The zero-order valence-corrected chi connectivity index (χ0v) is 18.4. The lowest BCUT2D eigenvalue weighted by Crippen LogP contribution is -2.45. The van der Waals surface area contributed by atoms with E-state index in [4.69, 9.17) is 0 Å². The Hall–Kier alpha value is -2.60. The van der Waals surface area contributed by atoms with Crippen LogP contribution in [0.15, 0.2) is 47.4 Å². The normalized spacial score (nSPS) is 22.0. The van der Waals surface area contributed by atoms with Gasteiger partial charge in [-0.3, -0.25) is 14.5 Å². The number of carbonyl (C=O) groups excluding carboxylic acids is 2. The van der Waals surface area contributed by atoms with Gasteiger partial charge in [0.15, 0.2) is 0 Å². The Morgan fingerprint density at radius 1 is 1.20 bits per heavy atom. The van der Waals surface area contributed by atoms with Crippen molar-refractivity contribution in [2.45, 2.75) is 45.2 Å². The van der Waals surface area contributed by atoms with Crippen molar-refractivity contribution in [3.8, 4) is 0 Å². The van der Waals surface area contributed by atoms with Crippen LogP contribution in [-0.2, 0) is 11.3 Å². The van der Waals surface area contributed by atoms with Crippen LogP contribution in [0.25, 0.3) is 6.08 Å². The number of carbonyl (C=O) groups is 2. The van der Waals surface area contributed by atoms with Gasteiger partial charge in [-0.25, -0.2) is 4.39 Å². The molecule has 2 aliphatic rings. The van der Waals surface area contributed by atoms with E-state index in [-0.39, 0.29) is 23.2 Å². The molecule has 1 fully saturated rings. The van der Waals surface area contributed by atoms with Crippen LogP contribution in [0, 0.1) is 5.82 Å². The summed E-state index contributed by atoms with van der Waals surface area (Å²) in [7, 11) is 2.11. The molecular formula is C24H25FN2O2S. The van der Waals surface area contributed by atoms with Gasteiger partial charge in [0.05, 0.1) is 11.4 Å². The van der Waals surface area contributed by atoms with Gasteiger partial charge in [0, 0.05) is 23.8 Å². The first kappa shape index (κ1) is 20.7. The highest BCUT2D eigenvalue weighted by Gasteiger charge is 2.36. The second-order valence-electron chi connectivity index (χ2n) is 8.65. The Morgan fingerprint density at radius 2 is 1.93 bits per heavy atom. The lowest BCUT2D eigenvalue weighted by Gasteiger charge is -2.45. The average Bonchev–Trinajstić information content (AvgIpc) is 2.95. The van der Waals surface area contributed by atoms with Crippen molar-refractivity contribution in [1.29, 1.82) is 0 Å². The van der Waals surface area contributed by atoms with Crippen LogP contribution < -0.4 is 4.90 Å². The predicted octanol–water partition coefficient (Wildman–Crippen LogP) is 5.78. The molecule has 156 valence electrons. The van der Waals surface area contributed by atoms with Gasteiger partial charge in [0.2, 0.25) is 0 Å². The van der Waals surface area contributed by atoms with Crippen LogP contribution in [0.2, 0.25) is 0 Å². The zero-order chi connectivity index (χ0) is 21.6. The number of hydrogen-bond acceptors (Lipinski definition) is 4. The Kier molecular flexibility index (Phi) is 5.22. The molecule has 30 heavy (non-hydrogen) atoms. The van der Waals surface area contributed by atoms with Gasteiger partial charge in [0.25, 0.3) is 11.1 Å². The van der Waals surface area contributed by atoms with Crippen LogP contribution in [0.4, 0.5) is 14.9 Å². The SMILES string of the molecule is C[C@@H]1CC(C)(C)N(C)c2ccc(/C=C3\SC(=O)N(Cc4ccccc4F)C3=O)cc21. The molecule has 4 nitrogen and oxygen atoms in total. The van der Waals surface area contributed by atoms with Crippen molar-refractivity contribution in [3.63, 3.8) is 0 Å². The smallest absolute Gasteiger partial charge is 0.293 e. The molecular weight excluding hydrogens is 399 g/mol. The molecule has 1 saturated heterocycles. The summed E-state index contributed by atoms with van der Waals surface area (Å²) < 4.78 is 13.9. The third-order valence-corrected chi connectivity index (χ3v) is 7.02. The van der Waals surface area contributed by atoms with Gasteiger partial charge in [-0.15, -0.1) is 0 Å². The van der Waals surface area contributed by atoms with E-state index in [0.29, 0.717) is 16.4 Å². The highest BCUT2D eigenvalue weighted by molar-refractivity contribution is 8.18. The lowest BCUT2D eigenvalue weighted by atomic mass is 9.80. The summed E-state index contributed by atoms with van der Waals surface area (Å²) in [6, 6.07) is 12.4. The fourth-order valence-electron chi connectivity index (χ4n) is 4.27. The van der Waals surface area contributed by atoms with E-state index in [1.54, 1.807) is 24.3 Å². The molecule has 2 aromatic rings. The molecule has 0 spiro atoms. The number of halogens is 1. The first-order chi connectivity index (χ1) is 14.2. The van der Waals surface area contributed by atoms with Gasteiger partial charge in [-0.2, -0.15) is 0 Å². The number of rotatable bonds is 3. The highest BCUT2D eigenvalue weighted by atomic mass is 32.2. The zero-order valence-electron chi connectivity index (χ0n) is 17.6. The number of benzene rings is 2. The summed E-state index contributed by atoms with van der Waals surface area (Å²) in [5, 5.41) is -0.373. The van der Waals surface area contributed by atoms with E-state index in [2.05, 4.69) is 44.9 Å². The number of amides is 2. The minimum atomic E-state index is -0.420. The second-order valence-corrected chi connectivity index (χ2v) is 9.65. The number of hydrogen-bond donors (Lipinski definition) is 0. The number of anilines is 1. The third-order valence-electron chi connectivity index (χ3n) is 6.12. The van der Waals surface area contributed by atoms with Crippen LogP contribution in [-0.4, -0.2) is 28.6 Å². The number of nitrogens with zero attached hydrogens (tertiary/aromatic N) is 2. The highest BCUT2D eigenvalue weighted by Crippen LogP contribution is 2.43. The number of thioether (sulfide) groups is 1. The van der Waals surface area contributed by atoms with Gasteiger partial charge in [-0.1, -0.05) is 31.2 Å². The van der Waals surface area contributed by atoms with Gasteiger partial charge in [0.1, 0.15) is 5.82 Å². The minimum absolute atomic E-state index is 0.0597. The summed E-state index contributed by atoms with van der Waals surface area (Å²) in [5.74, 6) is -0.399. The molecule has 0 saturated carbocycles. The third kappa shape index (κ3) is 3.65. The Morgan fingerprint density at radius 3 is 2.67 bits per heavy atom. The summed E-state index contributed by atoms with van der Waals surface area (Å²) in [6.07, 6.45) is 2.80. The van der Waals surface area contributed by atoms with E-state index >= 15 is 0 Å². The predicted molar refractivity (Wildman–Crippen MR) is 120 cm³/mol. The molecule has 2 heterocycles. The lowest BCUT2D eigenvalue weighted by molar-refractivity contribution is -0.123. The van der Waals surface area contributed by atoms with Crippen molar-refractivity contribution < 1.29 is 14.0 Å². The first-order valence-electron chi connectivity index (χ1n) is 10.0. The molecule has 2 aromatic carbocycles. The van der Waals surface area contributed by atoms with Crippen molar-refractivity contribution in [3.05, 3.63) is 69.9 Å². The van der Waals surface area contributed by atoms with Gasteiger partial charge < -0.3 is 4.90 Å². The summed E-state index contributed by atoms with van der Waals surface area (Å²) in [4.78, 5) is 29.0. The topological polar surface area (TPSA) is 40.6 Å².